The van der Waals surface area contributed by atoms with Crippen molar-refractivity contribution in [3.63, 3.8) is 0 Å². The molecule has 0 amide bonds. The van der Waals surface area contributed by atoms with E-state index in [-0.39, 0.29) is 25.4 Å². The first-order valence-corrected chi connectivity index (χ1v) is 15.9. The van der Waals surface area contributed by atoms with Crippen LogP contribution in [0.1, 0.15) is 64.2 Å². The van der Waals surface area contributed by atoms with Gasteiger partial charge in [-0.15, -0.1) is 0 Å². The molecule has 0 radical (unpaired) electrons. The van der Waals surface area contributed by atoms with Crippen molar-refractivity contribution in [2.24, 2.45) is 0 Å². The number of carbonyl (C=O) groups excluding carboxylic acids is 2. The molecule has 0 bridgehead atoms. The Morgan fingerprint density at radius 3 is 1.58 bits per heavy atom. The third-order valence-corrected chi connectivity index (χ3v) is 9.73. The van der Waals surface area contributed by atoms with Crippen LogP contribution < -0.4 is 9.47 Å². The molecule has 0 saturated heterocycles. The summed E-state index contributed by atoms with van der Waals surface area (Å²) in [6.07, 6.45) is 14.2. The predicted molar refractivity (Wildman–Crippen MR) is 156 cm³/mol. The highest BCUT2D eigenvalue weighted by molar-refractivity contribution is 8.00. The van der Waals surface area contributed by atoms with Crippen LogP contribution >= 0.6 is 23.5 Å². The van der Waals surface area contributed by atoms with E-state index in [0.717, 1.165) is 0 Å². The second-order valence-electron chi connectivity index (χ2n) is 9.81. The van der Waals surface area contributed by atoms with Crippen molar-refractivity contribution in [1.82, 2.24) is 0 Å². The molecule has 2 aliphatic carbocycles. The fourth-order valence-electron chi connectivity index (χ4n) is 4.64. The molecule has 2 unspecified atom stereocenters. The first kappa shape index (κ1) is 30.5. The standard InChI is InChI=1S/C30H42O6S2/c1-3-29(31)35-25(21-37-27-14-7-5-8-15-27)19-33-23-12-11-13-24(18-23)34-20-26(36-30(32)4-2)22-38-28-16-9-6-10-17-28/h3-4,11-13,18,25-28H,1-2,5-10,14-17,19-22H2. The molecule has 6 nitrogen and oxygen atoms in total. The molecule has 1 aromatic carbocycles. The Morgan fingerprint density at radius 2 is 1.18 bits per heavy atom. The maximum absolute atomic E-state index is 11.9. The lowest BCUT2D eigenvalue weighted by Gasteiger charge is -2.24. The molecule has 0 N–H and O–H groups in total. The zero-order valence-electron chi connectivity index (χ0n) is 22.4. The SMILES string of the molecule is C=CC(=O)OC(COc1cccc(OCC(CSC2CCCCC2)OC(=O)C=C)c1)CSC1CCCCC1. The molecule has 1 aromatic rings. The highest BCUT2D eigenvalue weighted by Crippen LogP contribution is 2.30. The van der Waals surface area contributed by atoms with Crippen molar-refractivity contribution in [3.05, 3.63) is 49.6 Å². The summed E-state index contributed by atoms with van der Waals surface area (Å²) in [6, 6.07) is 7.36. The highest BCUT2D eigenvalue weighted by Gasteiger charge is 2.21. The number of carbonyl (C=O) groups is 2. The lowest BCUT2D eigenvalue weighted by atomic mass is 10.0. The van der Waals surface area contributed by atoms with E-state index in [0.29, 0.717) is 33.5 Å². The van der Waals surface area contributed by atoms with E-state index in [1.165, 1.54) is 76.4 Å². The average Bonchev–Trinajstić information content (AvgIpc) is 2.96. The Balaban J connectivity index is 1.50. The predicted octanol–water partition coefficient (Wildman–Crippen LogP) is 6.77. The van der Waals surface area contributed by atoms with Gasteiger partial charge < -0.3 is 18.9 Å². The smallest absolute Gasteiger partial charge is 0.330 e. The number of hydrogen-bond acceptors (Lipinski definition) is 8. The second-order valence-corrected chi connectivity index (χ2v) is 12.5. The van der Waals surface area contributed by atoms with Gasteiger partial charge in [-0.25, -0.2) is 9.59 Å². The van der Waals surface area contributed by atoms with Crippen LogP contribution in [0.5, 0.6) is 11.5 Å². The molecular formula is C30H42O6S2. The number of ether oxygens (including phenoxy) is 4. The van der Waals surface area contributed by atoms with E-state index in [1.54, 1.807) is 6.07 Å². The minimum atomic E-state index is -0.439. The second kappa shape index (κ2) is 17.5. The minimum absolute atomic E-state index is 0.250. The van der Waals surface area contributed by atoms with Gasteiger partial charge in [0.05, 0.1) is 0 Å². The fourth-order valence-corrected chi connectivity index (χ4v) is 7.28. The molecule has 0 aromatic heterocycles. The van der Waals surface area contributed by atoms with Gasteiger partial charge in [0.2, 0.25) is 0 Å². The van der Waals surface area contributed by atoms with Crippen molar-refractivity contribution in [3.8, 4) is 11.5 Å². The third kappa shape index (κ3) is 11.8. The lowest BCUT2D eigenvalue weighted by Crippen LogP contribution is -2.28. The molecule has 8 heteroatoms. The number of thioether (sulfide) groups is 2. The summed E-state index contributed by atoms with van der Waals surface area (Å²) in [5.74, 6) is 1.75. The number of esters is 2. The molecule has 2 fully saturated rings. The van der Waals surface area contributed by atoms with Gasteiger partial charge in [-0.1, -0.05) is 57.7 Å². The summed E-state index contributed by atoms with van der Waals surface area (Å²) in [4.78, 5) is 23.7. The van der Waals surface area contributed by atoms with Gasteiger partial charge in [0, 0.05) is 40.2 Å². The van der Waals surface area contributed by atoms with E-state index in [9.17, 15) is 9.59 Å². The minimum Gasteiger partial charge on any atom is -0.490 e. The topological polar surface area (TPSA) is 71.1 Å². The van der Waals surface area contributed by atoms with Gasteiger partial charge in [0.1, 0.15) is 36.9 Å². The van der Waals surface area contributed by atoms with E-state index in [1.807, 2.05) is 41.7 Å². The molecule has 38 heavy (non-hydrogen) atoms. The molecule has 3 rings (SSSR count). The van der Waals surface area contributed by atoms with Crippen LogP contribution in [0.3, 0.4) is 0 Å². The maximum Gasteiger partial charge on any atom is 0.330 e. The molecule has 210 valence electrons. The van der Waals surface area contributed by atoms with E-state index < -0.39 is 11.9 Å². The molecule has 0 spiro atoms. The summed E-state index contributed by atoms with van der Waals surface area (Å²) in [6.45, 7) is 7.53. The normalized spacial score (nSPS) is 18.1. The first-order valence-electron chi connectivity index (χ1n) is 13.8. The van der Waals surface area contributed by atoms with Crippen LogP contribution in [0.25, 0.3) is 0 Å². The summed E-state index contributed by atoms with van der Waals surface area (Å²) in [5, 5.41) is 1.23. The van der Waals surface area contributed by atoms with Crippen LogP contribution in [-0.2, 0) is 19.1 Å². The zero-order valence-corrected chi connectivity index (χ0v) is 24.0. The van der Waals surface area contributed by atoms with Gasteiger partial charge in [0.15, 0.2) is 0 Å². The summed E-state index contributed by atoms with van der Waals surface area (Å²) in [7, 11) is 0. The van der Waals surface area contributed by atoms with Gasteiger partial charge in [-0.3, -0.25) is 0 Å². The van der Waals surface area contributed by atoms with Gasteiger partial charge >= 0.3 is 11.9 Å². The Labute approximate surface area is 236 Å². The van der Waals surface area contributed by atoms with Crippen molar-refractivity contribution < 1.29 is 28.5 Å². The van der Waals surface area contributed by atoms with Crippen LogP contribution in [0.2, 0.25) is 0 Å². The monoisotopic (exact) mass is 562 g/mol. The Bertz CT molecular complexity index is 812. The largest absolute Gasteiger partial charge is 0.490 e. The van der Waals surface area contributed by atoms with Crippen LogP contribution in [-0.4, -0.2) is 59.4 Å². The fraction of sp³-hybridized carbons (Fsp3) is 0.600. The Hall–Kier alpha value is -2.06. The van der Waals surface area contributed by atoms with Crippen molar-refractivity contribution in [2.75, 3.05) is 24.7 Å². The molecule has 2 saturated carbocycles. The average molecular weight is 563 g/mol. The Morgan fingerprint density at radius 1 is 0.763 bits per heavy atom. The van der Waals surface area contributed by atoms with Crippen LogP contribution in [0.4, 0.5) is 0 Å². The molecule has 0 aliphatic heterocycles. The van der Waals surface area contributed by atoms with E-state index >= 15 is 0 Å². The summed E-state index contributed by atoms with van der Waals surface area (Å²) >= 11 is 3.72. The Kier molecular flexibility index (Phi) is 14.0. The molecule has 2 aliphatic rings. The van der Waals surface area contributed by atoms with Crippen LogP contribution in [0.15, 0.2) is 49.6 Å². The van der Waals surface area contributed by atoms with Gasteiger partial charge in [0.25, 0.3) is 0 Å². The molecule has 2 atom stereocenters. The van der Waals surface area contributed by atoms with Crippen molar-refractivity contribution in [1.29, 1.82) is 0 Å². The summed E-state index contributed by atoms with van der Waals surface area (Å²) < 4.78 is 23.1. The van der Waals surface area contributed by atoms with E-state index in [2.05, 4.69) is 13.2 Å². The molecule has 0 heterocycles. The summed E-state index contributed by atoms with van der Waals surface area (Å²) in [5.41, 5.74) is 0. The number of benzene rings is 1. The quantitative estimate of drug-likeness (QED) is 0.161. The van der Waals surface area contributed by atoms with Gasteiger partial charge in [-0.05, 0) is 37.8 Å². The molecular weight excluding hydrogens is 520 g/mol. The highest BCUT2D eigenvalue weighted by atomic mass is 32.2. The zero-order chi connectivity index (χ0) is 27.0. The van der Waals surface area contributed by atoms with E-state index in [4.69, 9.17) is 18.9 Å². The first-order chi connectivity index (χ1) is 18.6. The van der Waals surface area contributed by atoms with Crippen molar-refractivity contribution in [2.45, 2.75) is 86.9 Å². The van der Waals surface area contributed by atoms with Gasteiger partial charge in [-0.2, -0.15) is 23.5 Å². The maximum atomic E-state index is 11.9. The lowest BCUT2D eigenvalue weighted by molar-refractivity contribution is -0.144. The number of rotatable bonds is 16. The third-order valence-electron chi connectivity index (χ3n) is 6.72. The number of hydrogen-bond donors (Lipinski definition) is 0. The van der Waals surface area contributed by atoms with Crippen molar-refractivity contribution >= 4 is 35.5 Å². The van der Waals surface area contributed by atoms with Crippen LogP contribution in [0, 0.1) is 0 Å².